The van der Waals surface area contributed by atoms with E-state index in [0.29, 0.717) is 57.9 Å². The highest BCUT2D eigenvalue weighted by atomic mass is 16.7. The first-order valence-corrected chi connectivity index (χ1v) is 22.9. The molecule has 12 heteroatoms. The molecule has 0 aromatic rings. The number of rotatable bonds is 10. The van der Waals surface area contributed by atoms with E-state index >= 15 is 0 Å². The summed E-state index contributed by atoms with van der Waals surface area (Å²) in [5.74, 6) is -5.97. The van der Waals surface area contributed by atoms with E-state index in [4.69, 9.17) is 23.7 Å². The number of fused-ring (bicyclic) bond motifs is 3. The molecule has 13 atom stereocenters. The second kappa shape index (κ2) is 23.1. The molecular formula is C48H78N2O10. The molecule has 3 fully saturated rings. The van der Waals surface area contributed by atoms with Gasteiger partial charge in [-0.25, -0.2) is 4.79 Å². The number of hydrogen-bond acceptors (Lipinski definition) is 11. The van der Waals surface area contributed by atoms with Gasteiger partial charge in [0.1, 0.15) is 24.0 Å². The Hall–Kier alpha value is -2.74. The van der Waals surface area contributed by atoms with E-state index in [0.717, 1.165) is 30.4 Å². The van der Waals surface area contributed by atoms with E-state index in [-0.39, 0.29) is 60.7 Å². The number of amides is 1. The SMILES string of the molecule is C=CCNC1CCC(C=C(C)C2OC(=O)C3CCCCN3C(=O)C(=O)C3(O)OC(C(OC)CC(C)CC(C)=CC(CC)C(=O)CCC2C)C(OC)CC3C)CC1OC(C)C. The van der Waals surface area contributed by atoms with Crippen LogP contribution in [0.4, 0.5) is 0 Å². The first-order chi connectivity index (χ1) is 28.5. The van der Waals surface area contributed by atoms with E-state index in [1.807, 2.05) is 47.6 Å². The number of nitrogens with zero attached hydrogens (tertiary/aromatic N) is 1. The van der Waals surface area contributed by atoms with Gasteiger partial charge in [0.2, 0.25) is 5.79 Å². The normalized spacial score (nSPS) is 37.5. The van der Waals surface area contributed by atoms with Gasteiger partial charge < -0.3 is 39.0 Å². The van der Waals surface area contributed by atoms with E-state index in [9.17, 15) is 24.3 Å². The molecule has 2 saturated heterocycles. The second-order valence-corrected chi connectivity index (χ2v) is 18.7. The topological polar surface area (TPSA) is 150 Å². The van der Waals surface area contributed by atoms with Gasteiger partial charge in [-0.1, -0.05) is 51.5 Å². The van der Waals surface area contributed by atoms with Crippen LogP contribution in [0, 0.1) is 29.6 Å². The van der Waals surface area contributed by atoms with E-state index in [1.165, 1.54) is 4.90 Å². The average Bonchev–Trinajstić information content (AvgIpc) is 3.22. The molecule has 13 unspecified atom stereocenters. The molecule has 340 valence electrons. The van der Waals surface area contributed by atoms with Crippen LogP contribution in [0.5, 0.6) is 0 Å². The van der Waals surface area contributed by atoms with Crippen molar-refractivity contribution < 1.29 is 48.0 Å². The van der Waals surface area contributed by atoms with Crippen molar-refractivity contribution in [2.45, 2.75) is 187 Å². The molecule has 0 aromatic carbocycles. The Morgan fingerprint density at radius 1 is 1.02 bits per heavy atom. The summed E-state index contributed by atoms with van der Waals surface area (Å²) in [5.41, 5.74) is 1.98. The third-order valence-corrected chi connectivity index (χ3v) is 13.5. The minimum Gasteiger partial charge on any atom is -0.456 e. The van der Waals surface area contributed by atoms with Crippen molar-refractivity contribution in [1.82, 2.24) is 10.2 Å². The predicted octanol–water partition coefficient (Wildman–Crippen LogP) is 7.06. The third-order valence-electron chi connectivity index (χ3n) is 13.5. The molecule has 2 bridgehead atoms. The predicted molar refractivity (Wildman–Crippen MR) is 232 cm³/mol. The molecular weight excluding hydrogens is 765 g/mol. The number of allylic oxidation sites excluding steroid dienone is 3. The molecule has 1 saturated carbocycles. The highest BCUT2D eigenvalue weighted by Gasteiger charge is 2.56. The quantitative estimate of drug-likeness (QED) is 0.132. The number of ether oxygens (including phenoxy) is 5. The molecule has 0 aromatic heterocycles. The summed E-state index contributed by atoms with van der Waals surface area (Å²) in [7, 11) is 3.12. The molecule has 3 aliphatic heterocycles. The summed E-state index contributed by atoms with van der Waals surface area (Å²) < 4.78 is 31.0. The molecule has 4 aliphatic rings. The van der Waals surface area contributed by atoms with Crippen LogP contribution in [-0.4, -0.2) is 115 Å². The van der Waals surface area contributed by atoms with Gasteiger partial charge in [-0.15, -0.1) is 6.58 Å². The number of Topliss-reactive ketones (excluding diaryl/α,β-unsaturated/α-hetero) is 2. The lowest BCUT2D eigenvalue weighted by molar-refractivity contribution is -0.302. The number of nitrogens with one attached hydrogen (secondary N) is 1. The largest absolute Gasteiger partial charge is 0.456 e. The Bertz CT molecular complexity index is 1530. The summed E-state index contributed by atoms with van der Waals surface area (Å²) in [5, 5.41) is 15.7. The van der Waals surface area contributed by atoms with Crippen molar-refractivity contribution in [3.05, 3.63) is 36.0 Å². The average molecular weight is 843 g/mol. The van der Waals surface area contributed by atoms with Gasteiger partial charge in [-0.05, 0) is 122 Å². The number of methoxy groups -OCH3 is 2. The molecule has 2 N–H and O–H groups in total. The number of cyclic esters (lactones) is 1. The van der Waals surface area contributed by atoms with Crippen molar-refractivity contribution in [3.63, 3.8) is 0 Å². The van der Waals surface area contributed by atoms with Crippen LogP contribution in [0.15, 0.2) is 36.0 Å². The lowest BCUT2D eigenvalue weighted by atomic mass is 9.81. The van der Waals surface area contributed by atoms with Crippen molar-refractivity contribution in [1.29, 1.82) is 0 Å². The summed E-state index contributed by atoms with van der Waals surface area (Å²) in [6, 6.07) is -0.829. The van der Waals surface area contributed by atoms with Crippen molar-refractivity contribution in [3.8, 4) is 0 Å². The molecule has 1 amide bonds. The summed E-state index contributed by atoms with van der Waals surface area (Å²) in [4.78, 5) is 58.2. The van der Waals surface area contributed by atoms with Gasteiger partial charge in [0.05, 0.1) is 24.4 Å². The molecule has 1 aliphatic carbocycles. The standard InChI is InChI=1S/C48H78N2O10/c1-12-21-49-37-19-18-35(28-40(37)58-29(3)4)26-33(8)43-32(7)17-20-39(51)36(13-2)24-30(5)23-31(6)25-41(56-10)44-42(57-11)27-34(9)48(55,60-44)45(52)46(53)50-22-15-14-16-38(50)47(54)59-43/h12,24,26,29,31-32,34-38,40-44,49,55H,1,13-23,25,27-28H2,2-11H3. The van der Waals surface area contributed by atoms with Crippen LogP contribution in [0.25, 0.3) is 0 Å². The van der Waals surface area contributed by atoms with Gasteiger partial charge in [-0.3, -0.25) is 14.4 Å². The zero-order chi connectivity index (χ0) is 44.3. The Balaban J connectivity index is 1.72. The number of esters is 1. The number of hydrogen-bond donors (Lipinski definition) is 2. The van der Waals surface area contributed by atoms with Gasteiger partial charge >= 0.3 is 5.97 Å². The summed E-state index contributed by atoms with van der Waals surface area (Å²) in [6.45, 7) is 20.7. The van der Waals surface area contributed by atoms with Crippen molar-refractivity contribution in [2.75, 3.05) is 27.3 Å². The molecule has 3 heterocycles. The van der Waals surface area contributed by atoms with E-state index < -0.39 is 59.8 Å². The van der Waals surface area contributed by atoms with Crippen LogP contribution in [0.2, 0.25) is 0 Å². The lowest BCUT2D eigenvalue weighted by Crippen LogP contribution is -2.64. The number of piperidine rings is 1. The van der Waals surface area contributed by atoms with Gasteiger partial charge in [0.15, 0.2) is 0 Å². The van der Waals surface area contributed by atoms with Crippen LogP contribution < -0.4 is 5.32 Å². The van der Waals surface area contributed by atoms with E-state index in [1.54, 1.807) is 21.1 Å². The maximum Gasteiger partial charge on any atom is 0.329 e. The molecule has 4 rings (SSSR count). The Morgan fingerprint density at radius 2 is 1.72 bits per heavy atom. The highest BCUT2D eigenvalue weighted by Crippen LogP contribution is 2.39. The Kier molecular flexibility index (Phi) is 19.2. The van der Waals surface area contributed by atoms with Crippen molar-refractivity contribution in [2.24, 2.45) is 29.6 Å². The molecule has 0 spiro atoms. The fraction of sp³-hybridized carbons (Fsp3) is 0.792. The maximum absolute atomic E-state index is 14.4. The Morgan fingerprint density at radius 3 is 2.37 bits per heavy atom. The van der Waals surface area contributed by atoms with Gasteiger partial charge in [-0.2, -0.15) is 0 Å². The fourth-order valence-electron chi connectivity index (χ4n) is 10.1. The number of carbonyl (C=O) groups excluding carboxylic acids is 4. The fourth-order valence-corrected chi connectivity index (χ4v) is 10.1. The van der Waals surface area contributed by atoms with Gasteiger partial charge in [0, 0.05) is 51.6 Å². The smallest absolute Gasteiger partial charge is 0.329 e. The second-order valence-electron chi connectivity index (χ2n) is 18.7. The van der Waals surface area contributed by atoms with Crippen LogP contribution in [-0.2, 0) is 42.9 Å². The minimum atomic E-state index is -2.46. The maximum atomic E-state index is 14.4. The molecule has 60 heavy (non-hydrogen) atoms. The minimum absolute atomic E-state index is 0.0000176. The first-order valence-electron chi connectivity index (χ1n) is 22.9. The van der Waals surface area contributed by atoms with Crippen LogP contribution in [0.3, 0.4) is 0 Å². The van der Waals surface area contributed by atoms with Gasteiger partial charge in [0.25, 0.3) is 11.7 Å². The zero-order valence-corrected chi connectivity index (χ0v) is 38.4. The monoisotopic (exact) mass is 843 g/mol. The van der Waals surface area contributed by atoms with Crippen LogP contribution >= 0.6 is 0 Å². The molecule has 12 nitrogen and oxygen atoms in total. The number of aliphatic hydroxyl groups is 1. The number of carbonyl (C=O) groups is 4. The number of ketones is 2. The van der Waals surface area contributed by atoms with E-state index in [2.05, 4.69) is 31.0 Å². The zero-order valence-electron chi connectivity index (χ0n) is 38.4. The molecule has 0 radical (unpaired) electrons. The Labute approximate surface area is 360 Å². The third kappa shape index (κ3) is 12.7. The summed E-state index contributed by atoms with van der Waals surface area (Å²) in [6.07, 6.45) is 10.8. The lowest BCUT2D eigenvalue weighted by Gasteiger charge is -2.47. The highest BCUT2D eigenvalue weighted by molar-refractivity contribution is 6.39. The van der Waals surface area contributed by atoms with Crippen LogP contribution in [0.1, 0.15) is 132 Å². The summed E-state index contributed by atoms with van der Waals surface area (Å²) >= 11 is 0. The first kappa shape index (κ1) is 49.9. The van der Waals surface area contributed by atoms with Crippen molar-refractivity contribution >= 4 is 23.4 Å².